The molecule has 5 rings (SSSR count). The highest BCUT2D eigenvalue weighted by atomic mass is 16.5. The van der Waals surface area contributed by atoms with E-state index in [9.17, 15) is 14.4 Å². The van der Waals surface area contributed by atoms with Crippen LogP contribution >= 0.6 is 0 Å². The molecule has 1 aliphatic carbocycles. The molecule has 2 aliphatic heterocycles. The predicted molar refractivity (Wildman–Crippen MR) is 134 cm³/mol. The van der Waals surface area contributed by atoms with Crippen LogP contribution in [0.2, 0.25) is 0 Å². The van der Waals surface area contributed by atoms with Gasteiger partial charge in [0, 0.05) is 34.6 Å². The molecule has 1 atom stereocenters. The van der Waals surface area contributed by atoms with Crippen molar-refractivity contribution in [2.24, 2.45) is 5.73 Å². The number of rotatable bonds is 3. The molecule has 7 nitrogen and oxygen atoms in total. The molecule has 0 radical (unpaired) electrons. The Balaban J connectivity index is 1.90. The van der Waals surface area contributed by atoms with E-state index in [-0.39, 0.29) is 23.8 Å². The molecule has 0 saturated carbocycles. The van der Waals surface area contributed by atoms with E-state index in [2.05, 4.69) is 5.32 Å². The number of nitrogens with two attached hydrogens (primary N) is 1. The molecule has 0 saturated heterocycles. The molecule has 1 unspecified atom stereocenters. The number of carbonyl (C=O) groups excluding carboxylic acids is 3. The number of aryl methyl sites for hydroxylation is 3. The van der Waals surface area contributed by atoms with E-state index in [4.69, 9.17) is 10.5 Å². The zero-order valence-corrected chi connectivity index (χ0v) is 20.5. The Kier molecular flexibility index (Phi) is 5.31. The summed E-state index contributed by atoms with van der Waals surface area (Å²) in [5.74, 6) is -1.19. The lowest BCUT2D eigenvalue weighted by Crippen LogP contribution is -2.53. The smallest absolute Gasteiger partial charge is 0.339 e. The van der Waals surface area contributed by atoms with Crippen LogP contribution in [0.1, 0.15) is 48.4 Å². The van der Waals surface area contributed by atoms with Crippen LogP contribution in [0, 0.1) is 20.8 Å². The van der Waals surface area contributed by atoms with Gasteiger partial charge in [0.2, 0.25) is 5.91 Å². The number of esters is 1. The second-order valence-corrected chi connectivity index (χ2v) is 9.44. The summed E-state index contributed by atoms with van der Waals surface area (Å²) in [5, 5.41) is 2.92. The Bertz CT molecular complexity index is 1370. The normalized spacial score (nSPS) is 21.3. The number of fused-ring (bicyclic) bond motifs is 3. The lowest BCUT2D eigenvalue weighted by molar-refractivity contribution is -0.140. The fourth-order valence-corrected chi connectivity index (χ4v) is 5.58. The molecule has 2 heterocycles. The van der Waals surface area contributed by atoms with Gasteiger partial charge in [0.1, 0.15) is 16.8 Å². The number of amides is 1. The number of anilines is 2. The number of ether oxygens (including phenoxy) is 1. The summed E-state index contributed by atoms with van der Waals surface area (Å²) in [6.07, 6.45) is 1.49. The van der Waals surface area contributed by atoms with Gasteiger partial charge in [-0.05, 0) is 69.9 Å². The third kappa shape index (κ3) is 3.14. The highest BCUT2D eigenvalue weighted by Gasteiger charge is 2.62. The average molecular weight is 472 g/mol. The molecule has 2 aromatic carbocycles. The van der Waals surface area contributed by atoms with Crippen LogP contribution in [-0.2, 0) is 24.5 Å². The Labute approximate surface area is 204 Å². The standard InChI is InChI=1S/C28H29N3O4/c1-5-35-26(33)24-25(29)31(18-11-10-16(3)17(4)14-18)21-7-6-8-22(32)23(21)28(24)19-13-15(2)9-12-20(19)30-27(28)34/h9-14H,5-8,29H2,1-4H3,(H,30,34). The first-order valence-corrected chi connectivity index (χ1v) is 12.0. The number of nitrogens with one attached hydrogen (secondary N) is 1. The van der Waals surface area contributed by atoms with E-state index in [0.717, 1.165) is 22.4 Å². The van der Waals surface area contributed by atoms with Gasteiger partial charge in [-0.3, -0.25) is 14.5 Å². The third-order valence-electron chi connectivity index (χ3n) is 7.30. The Morgan fingerprint density at radius 2 is 1.86 bits per heavy atom. The highest BCUT2D eigenvalue weighted by Crippen LogP contribution is 2.55. The van der Waals surface area contributed by atoms with Gasteiger partial charge in [-0.1, -0.05) is 23.8 Å². The molecule has 0 fully saturated rings. The molecule has 0 bridgehead atoms. The van der Waals surface area contributed by atoms with Crippen LogP contribution in [0.15, 0.2) is 59.1 Å². The lowest BCUT2D eigenvalue weighted by atomic mass is 9.63. The van der Waals surface area contributed by atoms with E-state index < -0.39 is 17.3 Å². The summed E-state index contributed by atoms with van der Waals surface area (Å²) in [6.45, 7) is 7.74. The van der Waals surface area contributed by atoms with Crippen LogP contribution in [0.4, 0.5) is 11.4 Å². The van der Waals surface area contributed by atoms with Crippen LogP contribution in [-0.4, -0.2) is 24.3 Å². The number of benzene rings is 2. The fraction of sp³-hybridized carbons (Fsp3) is 0.321. The van der Waals surface area contributed by atoms with Crippen LogP contribution in [0.3, 0.4) is 0 Å². The van der Waals surface area contributed by atoms with Crippen molar-refractivity contribution in [2.45, 2.75) is 52.4 Å². The summed E-state index contributed by atoms with van der Waals surface area (Å²) in [5.41, 5.74) is 11.1. The van der Waals surface area contributed by atoms with Crippen molar-refractivity contribution in [3.8, 4) is 0 Å². The van der Waals surface area contributed by atoms with Crippen LogP contribution in [0.5, 0.6) is 0 Å². The molecule has 2 aromatic rings. The molecule has 0 aromatic heterocycles. The first-order chi connectivity index (χ1) is 16.7. The van der Waals surface area contributed by atoms with E-state index in [1.165, 1.54) is 0 Å². The summed E-state index contributed by atoms with van der Waals surface area (Å²) in [4.78, 5) is 43.0. The average Bonchev–Trinajstić information content (AvgIpc) is 3.08. The van der Waals surface area contributed by atoms with Gasteiger partial charge in [0.15, 0.2) is 5.78 Å². The number of hydrogen-bond acceptors (Lipinski definition) is 6. The SMILES string of the molecule is CCOC(=O)C1=C(N)N(c2ccc(C)c(C)c2)C2=C(C(=O)CCC2)C12C(=O)Nc1ccc(C)cc12. The van der Waals surface area contributed by atoms with Crippen molar-refractivity contribution in [3.63, 3.8) is 0 Å². The van der Waals surface area contributed by atoms with Crippen molar-refractivity contribution in [2.75, 3.05) is 16.8 Å². The second-order valence-electron chi connectivity index (χ2n) is 9.44. The maximum atomic E-state index is 13.9. The van der Waals surface area contributed by atoms with Gasteiger partial charge in [-0.15, -0.1) is 0 Å². The van der Waals surface area contributed by atoms with Crippen molar-refractivity contribution >= 4 is 29.0 Å². The Hall–Kier alpha value is -3.87. The molecule has 3 N–H and O–H groups in total. The number of hydrogen-bond donors (Lipinski definition) is 2. The van der Waals surface area contributed by atoms with Gasteiger partial charge in [0.25, 0.3) is 0 Å². The highest BCUT2D eigenvalue weighted by molar-refractivity contribution is 6.23. The zero-order chi connectivity index (χ0) is 25.1. The minimum Gasteiger partial charge on any atom is -0.462 e. The number of ketones is 1. The quantitative estimate of drug-likeness (QED) is 0.655. The molecular formula is C28H29N3O4. The fourth-order valence-electron chi connectivity index (χ4n) is 5.58. The summed E-state index contributed by atoms with van der Waals surface area (Å²) in [7, 11) is 0. The zero-order valence-electron chi connectivity index (χ0n) is 20.5. The van der Waals surface area contributed by atoms with Crippen molar-refractivity contribution in [1.82, 2.24) is 0 Å². The maximum absolute atomic E-state index is 13.9. The molecule has 180 valence electrons. The molecule has 1 spiro atoms. The summed E-state index contributed by atoms with van der Waals surface area (Å²) < 4.78 is 5.46. The van der Waals surface area contributed by atoms with Crippen molar-refractivity contribution in [3.05, 3.63) is 81.3 Å². The van der Waals surface area contributed by atoms with Crippen molar-refractivity contribution < 1.29 is 19.1 Å². The number of Topliss-reactive ketones (excluding diaryl/α,β-unsaturated/α-hetero) is 1. The third-order valence-corrected chi connectivity index (χ3v) is 7.30. The minimum absolute atomic E-state index is 0.00609. The topological polar surface area (TPSA) is 102 Å². The summed E-state index contributed by atoms with van der Waals surface area (Å²) >= 11 is 0. The van der Waals surface area contributed by atoms with Crippen LogP contribution < -0.4 is 16.0 Å². The van der Waals surface area contributed by atoms with Crippen LogP contribution in [0.25, 0.3) is 0 Å². The number of allylic oxidation sites excluding steroid dienone is 1. The van der Waals surface area contributed by atoms with E-state index in [1.807, 2.05) is 51.1 Å². The van der Waals surface area contributed by atoms with Crippen molar-refractivity contribution in [1.29, 1.82) is 0 Å². The molecule has 1 amide bonds. The minimum atomic E-state index is -1.65. The largest absolute Gasteiger partial charge is 0.462 e. The second kappa shape index (κ2) is 8.12. The molecule has 3 aliphatic rings. The molecule has 35 heavy (non-hydrogen) atoms. The van der Waals surface area contributed by atoms with Gasteiger partial charge in [-0.25, -0.2) is 4.79 Å². The molecular weight excluding hydrogens is 442 g/mol. The Morgan fingerprint density at radius 3 is 2.57 bits per heavy atom. The van der Waals surface area contributed by atoms with Gasteiger partial charge < -0.3 is 15.8 Å². The number of nitrogens with zero attached hydrogens (tertiary/aromatic N) is 1. The summed E-state index contributed by atoms with van der Waals surface area (Å²) in [6, 6.07) is 11.4. The van der Waals surface area contributed by atoms with Gasteiger partial charge >= 0.3 is 5.97 Å². The lowest BCUT2D eigenvalue weighted by Gasteiger charge is -2.44. The maximum Gasteiger partial charge on any atom is 0.339 e. The monoisotopic (exact) mass is 471 g/mol. The predicted octanol–water partition coefficient (Wildman–Crippen LogP) is 4.06. The number of carbonyl (C=O) groups is 3. The first-order valence-electron chi connectivity index (χ1n) is 12.0. The van der Waals surface area contributed by atoms with E-state index in [0.29, 0.717) is 41.8 Å². The van der Waals surface area contributed by atoms with E-state index in [1.54, 1.807) is 17.9 Å². The van der Waals surface area contributed by atoms with E-state index >= 15 is 0 Å². The van der Waals surface area contributed by atoms with Gasteiger partial charge in [-0.2, -0.15) is 0 Å². The first kappa shape index (κ1) is 22.9. The molecule has 7 heteroatoms. The van der Waals surface area contributed by atoms with Gasteiger partial charge in [0.05, 0.1) is 6.61 Å². The Morgan fingerprint density at radius 1 is 1.09 bits per heavy atom.